The van der Waals surface area contributed by atoms with Gasteiger partial charge in [0, 0.05) is 12.1 Å². The number of aromatic nitrogens is 2. The van der Waals surface area contributed by atoms with E-state index in [1.165, 1.54) is 5.69 Å². The van der Waals surface area contributed by atoms with Gasteiger partial charge in [0.2, 0.25) is 12.4 Å². The minimum atomic E-state index is 0.860. The van der Waals surface area contributed by atoms with Crippen LogP contribution in [0, 0.1) is 0 Å². The third-order valence-corrected chi connectivity index (χ3v) is 2.43. The first-order valence-corrected chi connectivity index (χ1v) is 4.60. The zero-order valence-corrected chi connectivity index (χ0v) is 7.67. The molecule has 0 saturated heterocycles. The van der Waals surface area contributed by atoms with E-state index in [1.54, 1.807) is 0 Å². The van der Waals surface area contributed by atoms with Gasteiger partial charge in [-0.1, -0.05) is 18.2 Å². The Morgan fingerprint density at radius 1 is 1.21 bits per heavy atom. The number of rotatable bonds is 1. The molecule has 1 aromatic carbocycles. The summed E-state index contributed by atoms with van der Waals surface area (Å²) in [5.74, 6) is 0. The molecule has 0 spiro atoms. The summed E-state index contributed by atoms with van der Waals surface area (Å²) >= 11 is 0. The molecule has 1 aliphatic heterocycles. The van der Waals surface area contributed by atoms with E-state index in [9.17, 15) is 0 Å². The maximum atomic E-state index is 4.08. The number of fused-ring (bicyclic) bond motifs is 1. The molecule has 14 heavy (non-hydrogen) atoms. The van der Waals surface area contributed by atoms with Crippen molar-refractivity contribution in [2.24, 2.45) is 0 Å². The van der Waals surface area contributed by atoms with Crippen molar-refractivity contribution in [2.75, 3.05) is 0 Å². The number of hydrogen-bond donors (Lipinski definition) is 0. The second-order valence-electron chi connectivity index (χ2n) is 3.36. The SMILES string of the molecule is C1=[N+](c2ccccc2)Cn2cncc21. The van der Waals surface area contributed by atoms with Gasteiger partial charge in [-0.2, -0.15) is 4.58 Å². The Morgan fingerprint density at radius 3 is 2.86 bits per heavy atom. The highest BCUT2D eigenvalue weighted by Crippen LogP contribution is 2.15. The highest BCUT2D eigenvalue weighted by Gasteiger charge is 2.19. The van der Waals surface area contributed by atoms with Gasteiger partial charge in [-0.05, 0) is 0 Å². The summed E-state index contributed by atoms with van der Waals surface area (Å²) in [6, 6.07) is 10.3. The van der Waals surface area contributed by atoms with Crippen LogP contribution in [0.15, 0.2) is 42.9 Å². The number of para-hydroxylation sites is 1. The van der Waals surface area contributed by atoms with Gasteiger partial charge < -0.3 is 0 Å². The number of hydrogen-bond acceptors (Lipinski definition) is 1. The molecule has 0 atom stereocenters. The van der Waals surface area contributed by atoms with Gasteiger partial charge in [-0.3, -0.25) is 4.57 Å². The molecule has 3 nitrogen and oxygen atoms in total. The van der Waals surface area contributed by atoms with E-state index in [1.807, 2.05) is 18.6 Å². The van der Waals surface area contributed by atoms with Gasteiger partial charge in [-0.15, -0.1) is 0 Å². The number of benzene rings is 1. The predicted molar refractivity (Wildman–Crippen MR) is 53.8 cm³/mol. The van der Waals surface area contributed by atoms with Crippen molar-refractivity contribution in [3.63, 3.8) is 0 Å². The van der Waals surface area contributed by atoms with E-state index in [4.69, 9.17) is 0 Å². The molecule has 2 heterocycles. The van der Waals surface area contributed by atoms with Gasteiger partial charge in [0.1, 0.15) is 12.0 Å². The summed E-state index contributed by atoms with van der Waals surface area (Å²) < 4.78 is 4.32. The zero-order valence-electron chi connectivity index (χ0n) is 7.67. The Kier molecular flexibility index (Phi) is 1.50. The molecule has 0 amide bonds. The van der Waals surface area contributed by atoms with E-state index in [-0.39, 0.29) is 0 Å². The van der Waals surface area contributed by atoms with Crippen LogP contribution in [-0.2, 0) is 6.67 Å². The summed E-state index contributed by atoms with van der Waals surface area (Å²) in [6.07, 6.45) is 5.85. The molecule has 2 aromatic rings. The van der Waals surface area contributed by atoms with Gasteiger partial charge in [0.15, 0.2) is 6.21 Å². The van der Waals surface area contributed by atoms with Gasteiger partial charge in [-0.25, -0.2) is 4.98 Å². The van der Waals surface area contributed by atoms with E-state index >= 15 is 0 Å². The van der Waals surface area contributed by atoms with E-state index in [2.05, 4.69) is 44.6 Å². The first-order valence-electron chi connectivity index (χ1n) is 4.60. The Balaban J connectivity index is 2.02. The van der Waals surface area contributed by atoms with Crippen LogP contribution in [0.3, 0.4) is 0 Å². The molecule has 1 aliphatic rings. The van der Waals surface area contributed by atoms with Crippen LogP contribution in [0.4, 0.5) is 5.69 Å². The van der Waals surface area contributed by atoms with Gasteiger partial charge >= 0.3 is 0 Å². The Labute approximate surface area is 82.0 Å². The summed E-state index contributed by atoms with van der Waals surface area (Å²) in [4.78, 5) is 4.08. The molecule has 0 unspecified atom stereocenters. The first kappa shape index (κ1) is 7.50. The van der Waals surface area contributed by atoms with Crippen LogP contribution in [-0.4, -0.2) is 20.3 Å². The van der Waals surface area contributed by atoms with Crippen molar-refractivity contribution in [3.05, 3.63) is 48.5 Å². The largest absolute Gasteiger partial charge is 0.268 e. The van der Waals surface area contributed by atoms with Crippen LogP contribution >= 0.6 is 0 Å². The summed E-state index contributed by atoms with van der Waals surface area (Å²) in [6.45, 7) is 0.860. The van der Waals surface area contributed by atoms with Gasteiger partial charge in [0.05, 0.1) is 6.20 Å². The fourth-order valence-corrected chi connectivity index (χ4v) is 1.70. The third-order valence-electron chi connectivity index (χ3n) is 2.43. The summed E-state index contributed by atoms with van der Waals surface area (Å²) in [5.41, 5.74) is 2.38. The topological polar surface area (TPSA) is 20.8 Å². The molecule has 3 heteroatoms. The smallest absolute Gasteiger partial charge is 0.229 e. The minimum Gasteiger partial charge on any atom is -0.268 e. The van der Waals surface area contributed by atoms with Crippen molar-refractivity contribution in [3.8, 4) is 0 Å². The second-order valence-corrected chi connectivity index (χ2v) is 3.36. The zero-order chi connectivity index (χ0) is 9.38. The molecule has 0 bridgehead atoms. The maximum Gasteiger partial charge on any atom is 0.229 e. The highest BCUT2D eigenvalue weighted by atomic mass is 15.2. The van der Waals surface area contributed by atoms with Crippen LogP contribution in [0.25, 0.3) is 0 Å². The van der Waals surface area contributed by atoms with Crippen LogP contribution in [0.2, 0.25) is 0 Å². The van der Waals surface area contributed by atoms with Crippen molar-refractivity contribution >= 4 is 11.9 Å². The van der Waals surface area contributed by atoms with Crippen molar-refractivity contribution in [1.82, 2.24) is 9.55 Å². The Morgan fingerprint density at radius 2 is 2.07 bits per heavy atom. The molecular formula is C11H10N3+. The van der Waals surface area contributed by atoms with E-state index in [0.29, 0.717) is 0 Å². The van der Waals surface area contributed by atoms with E-state index in [0.717, 1.165) is 12.4 Å². The lowest BCUT2D eigenvalue weighted by Gasteiger charge is -1.96. The van der Waals surface area contributed by atoms with Crippen LogP contribution < -0.4 is 0 Å². The molecule has 0 aliphatic carbocycles. The highest BCUT2D eigenvalue weighted by molar-refractivity contribution is 5.74. The predicted octanol–water partition coefficient (Wildman–Crippen LogP) is 1.62. The average Bonchev–Trinajstić information content (AvgIpc) is 2.78. The maximum absolute atomic E-state index is 4.08. The molecule has 0 saturated carbocycles. The molecule has 3 rings (SSSR count). The minimum absolute atomic E-state index is 0.860. The van der Waals surface area contributed by atoms with Crippen molar-refractivity contribution < 1.29 is 4.58 Å². The van der Waals surface area contributed by atoms with E-state index < -0.39 is 0 Å². The fraction of sp³-hybridized carbons (Fsp3) is 0.0909. The lowest BCUT2D eigenvalue weighted by atomic mass is 10.3. The lowest BCUT2D eigenvalue weighted by molar-refractivity contribution is -0.463. The Hall–Kier alpha value is -1.90. The number of imidazole rings is 1. The molecule has 0 radical (unpaired) electrons. The first-order chi connectivity index (χ1) is 6.93. The van der Waals surface area contributed by atoms with Crippen molar-refractivity contribution in [2.45, 2.75) is 6.67 Å². The standard InChI is InChI=1S/C11H10N3/c1-2-4-10(5-3-1)13-7-11-6-12-8-14(11)9-13/h1-8H,9H2/q+1. The monoisotopic (exact) mass is 184 g/mol. The summed E-state index contributed by atoms with van der Waals surface area (Å²) in [5, 5.41) is 0. The molecule has 1 aromatic heterocycles. The summed E-state index contributed by atoms with van der Waals surface area (Å²) in [7, 11) is 0. The average molecular weight is 184 g/mol. The molecular weight excluding hydrogens is 174 g/mol. The normalized spacial score (nSPS) is 13.9. The van der Waals surface area contributed by atoms with Crippen molar-refractivity contribution in [1.29, 1.82) is 0 Å². The fourth-order valence-electron chi connectivity index (χ4n) is 1.70. The molecule has 0 N–H and O–H groups in total. The lowest BCUT2D eigenvalue weighted by Crippen LogP contribution is -2.03. The Bertz CT molecular complexity index is 482. The van der Waals surface area contributed by atoms with Crippen LogP contribution in [0.5, 0.6) is 0 Å². The second kappa shape index (κ2) is 2.80. The number of nitrogens with zero attached hydrogens (tertiary/aromatic N) is 3. The molecule has 68 valence electrons. The van der Waals surface area contributed by atoms with Gasteiger partial charge in [0.25, 0.3) is 0 Å². The van der Waals surface area contributed by atoms with Crippen LogP contribution in [0.1, 0.15) is 5.69 Å². The quantitative estimate of drug-likeness (QED) is 0.617. The third kappa shape index (κ3) is 1.06. The molecule has 0 fully saturated rings.